The number of fused-ring (bicyclic) bond motifs is 1. The number of ether oxygens (including phenoxy) is 2. The fourth-order valence-electron chi connectivity index (χ4n) is 4.20. The molecular formula is C28H26N2O5. The van der Waals surface area contributed by atoms with Gasteiger partial charge in [0.25, 0.3) is 5.91 Å². The number of benzene rings is 3. The molecule has 2 amide bonds. The van der Waals surface area contributed by atoms with Gasteiger partial charge in [-0.05, 0) is 43.7 Å². The Kier molecular flexibility index (Phi) is 6.59. The third kappa shape index (κ3) is 4.48. The van der Waals surface area contributed by atoms with E-state index in [0.29, 0.717) is 22.6 Å². The van der Waals surface area contributed by atoms with Crippen molar-refractivity contribution in [3.05, 3.63) is 83.6 Å². The number of rotatable bonds is 7. The van der Waals surface area contributed by atoms with Crippen molar-refractivity contribution in [1.82, 2.24) is 0 Å². The number of hydrogen-bond acceptors (Lipinski definition) is 5. The number of hydrogen-bond donors (Lipinski definition) is 2. The summed E-state index contributed by atoms with van der Waals surface area (Å²) in [4.78, 5) is 24.5. The Hall–Kier alpha value is -4.52. The highest BCUT2D eigenvalue weighted by atomic mass is 16.5. The Morgan fingerprint density at radius 3 is 2.40 bits per heavy atom. The molecule has 3 aromatic carbocycles. The molecule has 0 saturated heterocycles. The van der Waals surface area contributed by atoms with Crippen LogP contribution in [0.25, 0.3) is 27.7 Å². The molecule has 7 nitrogen and oxygen atoms in total. The second kappa shape index (κ2) is 9.77. The first-order chi connectivity index (χ1) is 16.8. The van der Waals surface area contributed by atoms with Crippen molar-refractivity contribution >= 4 is 34.0 Å². The minimum Gasteiger partial charge on any atom is -0.496 e. The van der Waals surface area contributed by atoms with Crippen LogP contribution in [-0.4, -0.2) is 26.0 Å². The Bertz CT molecular complexity index is 1470. The van der Waals surface area contributed by atoms with Crippen LogP contribution in [0.3, 0.4) is 0 Å². The summed E-state index contributed by atoms with van der Waals surface area (Å²) in [6.07, 6.45) is 3.16. The average molecular weight is 471 g/mol. The molecule has 0 unspecified atom stereocenters. The highest BCUT2D eigenvalue weighted by Gasteiger charge is 2.20. The van der Waals surface area contributed by atoms with Crippen LogP contribution in [0.5, 0.6) is 11.5 Å². The number of allylic oxidation sites excluding steroid dienone is 1. The van der Waals surface area contributed by atoms with Crippen LogP contribution in [0.15, 0.2) is 71.4 Å². The number of carbonyl (C=O) groups is 2. The van der Waals surface area contributed by atoms with Crippen LogP contribution in [0.1, 0.15) is 28.4 Å². The van der Waals surface area contributed by atoms with E-state index in [2.05, 4.69) is 5.32 Å². The molecule has 0 aliphatic rings. The van der Waals surface area contributed by atoms with Crippen molar-refractivity contribution in [3.63, 3.8) is 0 Å². The fourth-order valence-corrected chi connectivity index (χ4v) is 4.20. The van der Waals surface area contributed by atoms with Crippen molar-refractivity contribution < 1.29 is 23.5 Å². The summed E-state index contributed by atoms with van der Waals surface area (Å²) >= 11 is 0. The predicted octanol–water partition coefficient (Wildman–Crippen LogP) is 5.57. The Labute approximate surface area is 203 Å². The number of furan rings is 1. The molecule has 0 fully saturated rings. The molecule has 4 aromatic rings. The molecule has 1 aromatic heterocycles. The number of primary amides is 1. The summed E-state index contributed by atoms with van der Waals surface area (Å²) in [5.74, 6) is 0.323. The molecule has 0 bridgehead atoms. The molecule has 7 heteroatoms. The molecule has 1 heterocycles. The Morgan fingerprint density at radius 1 is 0.971 bits per heavy atom. The van der Waals surface area contributed by atoms with Crippen molar-refractivity contribution in [2.45, 2.75) is 13.8 Å². The molecule has 0 spiro atoms. The topological polar surface area (TPSA) is 104 Å². The highest BCUT2D eigenvalue weighted by Crippen LogP contribution is 2.42. The van der Waals surface area contributed by atoms with E-state index in [1.165, 1.54) is 6.08 Å². The molecular weight excluding hydrogens is 444 g/mol. The summed E-state index contributed by atoms with van der Waals surface area (Å²) < 4.78 is 17.2. The van der Waals surface area contributed by atoms with E-state index in [0.717, 1.165) is 33.4 Å². The van der Waals surface area contributed by atoms with E-state index in [-0.39, 0.29) is 5.56 Å². The zero-order chi connectivity index (χ0) is 25.1. The van der Waals surface area contributed by atoms with Gasteiger partial charge < -0.3 is 24.9 Å². The largest absolute Gasteiger partial charge is 0.496 e. The van der Waals surface area contributed by atoms with Crippen molar-refractivity contribution in [1.29, 1.82) is 0 Å². The maximum Gasteiger partial charge on any atom is 0.250 e. The lowest BCUT2D eigenvalue weighted by Gasteiger charge is -2.14. The fraction of sp³-hybridized carbons (Fsp3) is 0.143. The van der Waals surface area contributed by atoms with Gasteiger partial charge in [-0.2, -0.15) is 0 Å². The molecule has 0 aliphatic heterocycles. The number of anilines is 1. The lowest BCUT2D eigenvalue weighted by atomic mass is 9.96. The highest BCUT2D eigenvalue weighted by molar-refractivity contribution is 6.09. The molecule has 3 N–H and O–H groups in total. The van der Waals surface area contributed by atoms with Crippen LogP contribution in [0.2, 0.25) is 0 Å². The van der Waals surface area contributed by atoms with Gasteiger partial charge >= 0.3 is 0 Å². The minimum atomic E-state index is -0.617. The summed E-state index contributed by atoms with van der Waals surface area (Å²) in [6, 6.07) is 16.2. The van der Waals surface area contributed by atoms with Crippen LogP contribution in [0, 0.1) is 6.92 Å². The van der Waals surface area contributed by atoms with Crippen molar-refractivity contribution in [2.75, 3.05) is 19.5 Å². The summed E-state index contributed by atoms with van der Waals surface area (Å²) in [6.45, 7) is 3.74. The quantitative estimate of drug-likeness (QED) is 0.344. The van der Waals surface area contributed by atoms with Crippen LogP contribution >= 0.6 is 0 Å². The van der Waals surface area contributed by atoms with Gasteiger partial charge in [0, 0.05) is 33.7 Å². The third-order valence-corrected chi connectivity index (χ3v) is 5.87. The van der Waals surface area contributed by atoms with Gasteiger partial charge in [-0.15, -0.1) is 0 Å². The lowest BCUT2D eigenvalue weighted by molar-refractivity contribution is -0.111. The summed E-state index contributed by atoms with van der Waals surface area (Å²) in [7, 11) is 3.21. The van der Waals surface area contributed by atoms with Crippen molar-refractivity contribution in [2.24, 2.45) is 5.73 Å². The lowest BCUT2D eigenvalue weighted by Crippen LogP contribution is -2.17. The van der Waals surface area contributed by atoms with Gasteiger partial charge in [0.15, 0.2) is 0 Å². The van der Waals surface area contributed by atoms with E-state index in [1.807, 2.05) is 44.2 Å². The smallest absolute Gasteiger partial charge is 0.250 e. The van der Waals surface area contributed by atoms with E-state index < -0.39 is 11.8 Å². The summed E-state index contributed by atoms with van der Waals surface area (Å²) in [5, 5.41) is 3.61. The maximum absolute atomic E-state index is 12.8. The molecule has 0 radical (unpaired) electrons. The number of carbonyl (C=O) groups excluding carboxylic acids is 2. The van der Waals surface area contributed by atoms with Gasteiger partial charge in [0.1, 0.15) is 17.1 Å². The van der Waals surface area contributed by atoms with Gasteiger partial charge in [-0.25, -0.2) is 0 Å². The van der Waals surface area contributed by atoms with Gasteiger partial charge in [-0.1, -0.05) is 30.3 Å². The molecule has 0 aliphatic carbocycles. The molecule has 35 heavy (non-hydrogen) atoms. The number of amides is 2. The maximum atomic E-state index is 12.8. The van der Waals surface area contributed by atoms with E-state index in [1.54, 1.807) is 44.7 Å². The number of aryl methyl sites for hydroxylation is 1. The first kappa shape index (κ1) is 23.6. The van der Waals surface area contributed by atoms with Crippen LogP contribution in [-0.2, 0) is 4.79 Å². The van der Waals surface area contributed by atoms with E-state index in [9.17, 15) is 9.59 Å². The zero-order valence-electron chi connectivity index (χ0n) is 20.0. The first-order valence-corrected chi connectivity index (χ1v) is 11.0. The van der Waals surface area contributed by atoms with Gasteiger partial charge in [0.2, 0.25) is 5.91 Å². The predicted molar refractivity (Wildman–Crippen MR) is 137 cm³/mol. The molecule has 0 atom stereocenters. The molecule has 4 rings (SSSR count). The first-order valence-electron chi connectivity index (χ1n) is 11.0. The second-order valence-electron chi connectivity index (χ2n) is 8.04. The monoisotopic (exact) mass is 470 g/mol. The average Bonchev–Trinajstić information content (AvgIpc) is 3.28. The number of methoxy groups -OCH3 is 2. The van der Waals surface area contributed by atoms with Gasteiger partial charge in [-0.3, -0.25) is 9.59 Å². The summed E-state index contributed by atoms with van der Waals surface area (Å²) in [5.41, 5.74) is 10.7. The SMILES string of the molecule is COc1ccccc1-c1coc2c(C)c(OC)c(/C(C)=C/C(=O)Nc3ccccc3C(N)=O)cc12. The van der Waals surface area contributed by atoms with E-state index >= 15 is 0 Å². The normalized spacial score (nSPS) is 11.4. The van der Waals surface area contributed by atoms with Crippen LogP contribution < -0.4 is 20.5 Å². The Morgan fingerprint density at radius 2 is 1.69 bits per heavy atom. The van der Waals surface area contributed by atoms with E-state index in [4.69, 9.17) is 19.6 Å². The standard InChI is InChI=1S/C28H26N2O5/c1-16(13-25(31)30-23-11-7-5-10-19(23)28(29)32)20-14-21-22(18-9-6-8-12-24(18)33-3)15-35-27(21)17(2)26(20)34-4/h5-15H,1-4H3,(H2,29,32)(H,30,31)/b16-13+. The zero-order valence-corrected chi connectivity index (χ0v) is 20.0. The van der Waals surface area contributed by atoms with Crippen molar-refractivity contribution in [3.8, 4) is 22.6 Å². The number of para-hydroxylation sites is 2. The Balaban J connectivity index is 1.79. The second-order valence-corrected chi connectivity index (χ2v) is 8.04. The minimum absolute atomic E-state index is 0.238. The molecule has 0 saturated carbocycles. The molecule has 178 valence electrons. The van der Waals surface area contributed by atoms with Crippen LogP contribution in [0.4, 0.5) is 5.69 Å². The number of nitrogens with two attached hydrogens (primary N) is 1. The number of nitrogens with one attached hydrogen (secondary N) is 1. The van der Waals surface area contributed by atoms with Gasteiger partial charge in [0.05, 0.1) is 31.7 Å². The third-order valence-electron chi connectivity index (χ3n) is 5.87.